The maximum absolute atomic E-state index is 2.32. The Morgan fingerprint density at radius 1 is 0.667 bits per heavy atom. The van der Waals surface area contributed by atoms with Crippen LogP contribution in [0.15, 0.2) is 36.5 Å². The van der Waals surface area contributed by atoms with E-state index in [4.69, 9.17) is 0 Å². The number of rotatable bonds is 9. The average molecular weight is 206 g/mol. The van der Waals surface area contributed by atoms with E-state index in [1.165, 1.54) is 44.9 Å². The van der Waals surface area contributed by atoms with E-state index in [9.17, 15) is 0 Å². The van der Waals surface area contributed by atoms with Crippen molar-refractivity contribution in [3.8, 4) is 0 Å². The van der Waals surface area contributed by atoms with Crippen LogP contribution in [-0.4, -0.2) is 0 Å². The molecule has 0 aliphatic rings. The molecule has 0 rings (SSSR count). The first-order valence-corrected chi connectivity index (χ1v) is 6.33. The lowest BCUT2D eigenvalue weighted by atomic mass is 10.2. The molecule has 0 aromatic heterocycles. The van der Waals surface area contributed by atoms with Gasteiger partial charge in [0.25, 0.3) is 0 Å². The molecule has 0 radical (unpaired) electrons. The predicted octanol–water partition coefficient (Wildman–Crippen LogP) is 5.43. The molecular formula is C15H26. The van der Waals surface area contributed by atoms with Crippen LogP contribution in [0.4, 0.5) is 0 Å². The lowest BCUT2D eigenvalue weighted by Gasteiger charge is -1.90. The van der Waals surface area contributed by atoms with Crippen LogP contribution in [0.2, 0.25) is 0 Å². The van der Waals surface area contributed by atoms with Crippen molar-refractivity contribution in [1.82, 2.24) is 0 Å². The molecule has 0 N–H and O–H groups in total. The van der Waals surface area contributed by atoms with Gasteiger partial charge in [0.15, 0.2) is 0 Å². The van der Waals surface area contributed by atoms with E-state index in [0.717, 1.165) is 0 Å². The fraction of sp³-hybridized carbons (Fsp3) is 0.600. The molecule has 0 nitrogen and oxygen atoms in total. The molecule has 0 heterocycles. The maximum Gasteiger partial charge on any atom is -0.0316 e. The molecule has 86 valence electrons. The van der Waals surface area contributed by atoms with E-state index in [2.05, 4.69) is 50.3 Å². The van der Waals surface area contributed by atoms with Gasteiger partial charge in [0.1, 0.15) is 0 Å². The van der Waals surface area contributed by atoms with Crippen molar-refractivity contribution in [3.63, 3.8) is 0 Å². The van der Waals surface area contributed by atoms with E-state index < -0.39 is 0 Å². The summed E-state index contributed by atoms with van der Waals surface area (Å²) in [7, 11) is 0. The van der Waals surface area contributed by atoms with Crippen molar-refractivity contribution in [2.24, 2.45) is 0 Å². The van der Waals surface area contributed by atoms with Gasteiger partial charge in [0.05, 0.1) is 0 Å². The van der Waals surface area contributed by atoms with Crippen LogP contribution in [0.5, 0.6) is 0 Å². The van der Waals surface area contributed by atoms with Gasteiger partial charge in [-0.05, 0) is 39.0 Å². The van der Waals surface area contributed by atoms with Crippen LogP contribution >= 0.6 is 0 Å². The van der Waals surface area contributed by atoms with Gasteiger partial charge in [-0.2, -0.15) is 0 Å². The number of hydrogen-bond acceptors (Lipinski definition) is 0. The lowest BCUT2D eigenvalue weighted by molar-refractivity contribution is 0.811. The molecule has 0 heteroatoms. The normalized spacial score (nSPS) is 12.4. The Balaban J connectivity index is 3.18. The molecule has 0 aromatic carbocycles. The Morgan fingerprint density at radius 3 is 1.60 bits per heavy atom. The summed E-state index contributed by atoms with van der Waals surface area (Å²) in [6.45, 7) is 4.31. The fourth-order valence-electron chi connectivity index (χ4n) is 1.34. The SMILES string of the molecule is CC=CCCC=CCCC=CCCCC. The summed E-state index contributed by atoms with van der Waals surface area (Å²) in [5, 5.41) is 0. The van der Waals surface area contributed by atoms with E-state index in [-0.39, 0.29) is 0 Å². The topological polar surface area (TPSA) is 0 Å². The van der Waals surface area contributed by atoms with Gasteiger partial charge in [0.2, 0.25) is 0 Å². The molecule has 0 bridgehead atoms. The maximum atomic E-state index is 2.32. The molecule has 0 amide bonds. The van der Waals surface area contributed by atoms with Crippen LogP contribution in [0, 0.1) is 0 Å². The summed E-state index contributed by atoms with van der Waals surface area (Å²) >= 11 is 0. The van der Waals surface area contributed by atoms with Gasteiger partial charge in [-0.3, -0.25) is 0 Å². The van der Waals surface area contributed by atoms with Gasteiger partial charge >= 0.3 is 0 Å². The Kier molecular flexibility index (Phi) is 12.5. The molecule has 0 spiro atoms. The second-order valence-electron chi connectivity index (χ2n) is 3.81. The van der Waals surface area contributed by atoms with Gasteiger partial charge < -0.3 is 0 Å². The Morgan fingerprint density at radius 2 is 1.13 bits per heavy atom. The minimum absolute atomic E-state index is 1.18. The summed E-state index contributed by atoms with van der Waals surface area (Å²) in [6.07, 6.45) is 22.2. The first-order chi connectivity index (χ1) is 7.41. The minimum Gasteiger partial charge on any atom is -0.0917 e. The van der Waals surface area contributed by atoms with Crippen LogP contribution in [0.3, 0.4) is 0 Å². The molecule has 0 aromatic rings. The lowest BCUT2D eigenvalue weighted by Crippen LogP contribution is -1.69. The Hall–Kier alpha value is -0.780. The number of hydrogen-bond donors (Lipinski definition) is 0. The summed E-state index contributed by atoms with van der Waals surface area (Å²) in [6, 6.07) is 0. The monoisotopic (exact) mass is 206 g/mol. The van der Waals surface area contributed by atoms with Crippen molar-refractivity contribution in [2.75, 3.05) is 0 Å². The minimum atomic E-state index is 1.18. The van der Waals surface area contributed by atoms with E-state index >= 15 is 0 Å². The molecule has 0 atom stereocenters. The van der Waals surface area contributed by atoms with Gasteiger partial charge in [0, 0.05) is 0 Å². The van der Waals surface area contributed by atoms with Crippen LogP contribution < -0.4 is 0 Å². The van der Waals surface area contributed by atoms with Crippen molar-refractivity contribution in [3.05, 3.63) is 36.5 Å². The van der Waals surface area contributed by atoms with Crippen molar-refractivity contribution >= 4 is 0 Å². The van der Waals surface area contributed by atoms with Crippen molar-refractivity contribution in [1.29, 1.82) is 0 Å². The van der Waals surface area contributed by atoms with Crippen LogP contribution in [0.1, 0.15) is 58.8 Å². The zero-order valence-electron chi connectivity index (χ0n) is 10.4. The van der Waals surface area contributed by atoms with Gasteiger partial charge in [-0.25, -0.2) is 0 Å². The fourth-order valence-corrected chi connectivity index (χ4v) is 1.34. The zero-order chi connectivity index (χ0) is 11.2. The summed E-state index contributed by atoms with van der Waals surface area (Å²) in [5.74, 6) is 0. The number of unbranched alkanes of at least 4 members (excludes halogenated alkanes) is 4. The molecular weight excluding hydrogens is 180 g/mol. The largest absolute Gasteiger partial charge is 0.0917 e. The quantitative estimate of drug-likeness (QED) is 0.349. The van der Waals surface area contributed by atoms with Gasteiger partial charge in [-0.1, -0.05) is 56.2 Å². The molecule has 0 fully saturated rings. The molecule has 0 saturated carbocycles. The van der Waals surface area contributed by atoms with Crippen LogP contribution in [0.25, 0.3) is 0 Å². The van der Waals surface area contributed by atoms with Crippen LogP contribution in [-0.2, 0) is 0 Å². The summed E-state index contributed by atoms with van der Waals surface area (Å²) in [5.41, 5.74) is 0. The molecule has 0 unspecified atom stereocenters. The van der Waals surface area contributed by atoms with Crippen molar-refractivity contribution in [2.45, 2.75) is 58.8 Å². The highest BCUT2D eigenvalue weighted by atomic mass is 13.9. The average Bonchev–Trinajstić information content (AvgIpc) is 2.26. The van der Waals surface area contributed by atoms with E-state index in [1.54, 1.807) is 0 Å². The first-order valence-electron chi connectivity index (χ1n) is 6.33. The third-order valence-electron chi connectivity index (χ3n) is 2.29. The summed E-state index contributed by atoms with van der Waals surface area (Å²) < 4.78 is 0. The highest BCUT2D eigenvalue weighted by molar-refractivity contribution is 4.89. The Labute approximate surface area is 95.8 Å². The molecule has 15 heavy (non-hydrogen) atoms. The second-order valence-corrected chi connectivity index (χ2v) is 3.81. The zero-order valence-corrected chi connectivity index (χ0v) is 10.4. The van der Waals surface area contributed by atoms with E-state index in [1.807, 2.05) is 0 Å². The third kappa shape index (κ3) is 13.2. The molecule has 0 aliphatic heterocycles. The predicted molar refractivity (Wildman–Crippen MR) is 71.1 cm³/mol. The highest BCUT2D eigenvalue weighted by Gasteiger charge is 1.79. The van der Waals surface area contributed by atoms with Gasteiger partial charge in [-0.15, -0.1) is 0 Å². The number of allylic oxidation sites excluding steroid dienone is 6. The highest BCUT2D eigenvalue weighted by Crippen LogP contribution is 2.00. The molecule has 0 aliphatic carbocycles. The standard InChI is InChI=1S/C15H26/c1-3-5-7-9-11-13-15-14-12-10-8-6-4-2/h3,5,10-13H,4,6-9,14-15H2,1-2H3. The van der Waals surface area contributed by atoms with Crippen molar-refractivity contribution < 1.29 is 0 Å². The second kappa shape index (κ2) is 13.2. The summed E-state index contributed by atoms with van der Waals surface area (Å²) in [4.78, 5) is 0. The Bertz CT molecular complexity index is 184. The smallest absolute Gasteiger partial charge is 0.0316 e. The molecule has 0 saturated heterocycles. The third-order valence-corrected chi connectivity index (χ3v) is 2.29. The van der Waals surface area contributed by atoms with E-state index in [0.29, 0.717) is 0 Å². The first kappa shape index (κ1) is 14.2.